The molecule has 0 saturated heterocycles. The molecular weight excluding hydrogens is 286 g/mol. The van der Waals surface area contributed by atoms with Gasteiger partial charge in [0.25, 0.3) is 5.91 Å². The maximum absolute atomic E-state index is 11.9. The van der Waals surface area contributed by atoms with Crippen LogP contribution in [-0.2, 0) is 0 Å². The largest absolute Gasteiger partial charge is 0.363 e. The lowest BCUT2D eigenvalue weighted by Gasteiger charge is -2.19. The van der Waals surface area contributed by atoms with Gasteiger partial charge < -0.3 is 10.6 Å². The first-order chi connectivity index (χ1) is 11.3. The first-order valence-electron chi connectivity index (χ1n) is 8.33. The van der Waals surface area contributed by atoms with Crippen molar-refractivity contribution in [2.45, 2.75) is 32.2 Å². The van der Waals surface area contributed by atoms with E-state index in [4.69, 9.17) is 0 Å². The Morgan fingerprint density at radius 3 is 2.61 bits per heavy atom. The van der Waals surface area contributed by atoms with Gasteiger partial charge >= 0.3 is 0 Å². The van der Waals surface area contributed by atoms with Crippen molar-refractivity contribution in [3.8, 4) is 0 Å². The molecule has 1 atom stereocenters. The number of hydrogen-bond acceptors (Lipinski definition) is 3. The summed E-state index contributed by atoms with van der Waals surface area (Å²) in [6.07, 6.45) is 5.08. The number of carbonyl (C=O) groups is 1. The second kappa shape index (κ2) is 7.27. The van der Waals surface area contributed by atoms with Gasteiger partial charge in [-0.1, -0.05) is 37.3 Å². The monoisotopic (exact) mass is 309 g/mol. The van der Waals surface area contributed by atoms with Gasteiger partial charge in [0.05, 0.1) is 11.6 Å². The molecule has 1 aromatic heterocycles. The predicted octanol–water partition coefficient (Wildman–Crippen LogP) is 3.78. The lowest BCUT2D eigenvalue weighted by atomic mass is 10.0. The molecule has 1 aliphatic carbocycles. The Morgan fingerprint density at radius 2 is 2.00 bits per heavy atom. The van der Waals surface area contributed by atoms with Crippen molar-refractivity contribution in [2.75, 3.05) is 11.9 Å². The van der Waals surface area contributed by atoms with Crippen LogP contribution in [-0.4, -0.2) is 17.4 Å². The second-order valence-corrected chi connectivity index (χ2v) is 6.06. The molecule has 0 radical (unpaired) electrons. The van der Waals surface area contributed by atoms with Gasteiger partial charge in [0.15, 0.2) is 0 Å². The third-order valence-electron chi connectivity index (χ3n) is 4.12. The summed E-state index contributed by atoms with van der Waals surface area (Å²) < 4.78 is 0. The molecule has 0 aliphatic heterocycles. The molecule has 1 saturated carbocycles. The third kappa shape index (κ3) is 4.09. The van der Waals surface area contributed by atoms with Crippen LogP contribution in [0.3, 0.4) is 0 Å². The molecule has 1 heterocycles. The van der Waals surface area contributed by atoms with E-state index in [0.29, 0.717) is 24.1 Å². The minimum absolute atomic E-state index is 0.0623. The fourth-order valence-electron chi connectivity index (χ4n) is 2.68. The lowest BCUT2D eigenvalue weighted by Crippen LogP contribution is -2.24. The molecule has 4 heteroatoms. The minimum Gasteiger partial charge on any atom is -0.363 e. The Kier molecular flexibility index (Phi) is 4.91. The molecule has 0 bridgehead atoms. The molecule has 1 amide bonds. The van der Waals surface area contributed by atoms with Crippen LogP contribution in [0.5, 0.6) is 0 Å². The molecule has 3 rings (SSSR count). The Labute approximate surface area is 137 Å². The van der Waals surface area contributed by atoms with Crippen molar-refractivity contribution < 1.29 is 4.79 Å². The number of nitrogens with zero attached hydrogens (tertiary/aromatic N) is 1. The molecule has 23 heavy (non-hydrogen) atoms. The quantitative estimate of drug-likeness (QED) is 0.818. The van der Waals surface area contributed by atoms with Crippen LogP contribution in [0.4, 0.5) is 5.82 Å². The van der Waals surface area contributed by atoms with Crippen molar-refractivity contribution in [2.24, 2.45) is 5.92 Å². The average molecular weight is 309 g/mol. The van der Waals surface area contributed by atoms with Gasteiger partial charge in [-0.3, -0.25) is 4.79 Å². The molecule has 1 aromatic carbocycles. The number of nitrogens with one attached hydrogen (secondary N) is 2. The molecule has 2 aromatic rings. The number of amides is 1. The van der Waals surface area contributed by atoms with Gasteiger partial charge in [0.1, 0.15) is 5.82 Å². The fourth-order valence-corrected chi connectivity index (χ4v) is 2.68. The van der Waals surface area contributed by atoms with Crippen molar-refractivity contribution in [3.05, 3.63) is 59.8 Å². The van der Waals surface area contributed by atoms with E-state index >= 15 is 0 Å². The van der Waals surface area contributed by atoms with E-state index in [2.05, 4.69) is 39.9 Å². The highest BCUT2D eigenvalue weighted by Gasteiger charge is 2.32. The van der Waals surface area contributed by atoms with Gasteiger partial charge in [-0.25, -0.2) is 4.98 Å². The standard InChI is InChI=1S/C19H23N3O/c1-2-12-20-19(23)16-10-11-17(21-13-16)22-18(15-8-9-15)14-6-4-3-5-7-14/h3-7,10-11,13,15,18H,2,8-9,12H2,1H3,(H,20,23)(H,21,22). The Bertz CT molecular complexity index is 635. The SMILES string of the molecule is CCCNC(=O)c1ccc(NC(c2ccccc2)C2CC2)nc1. The number of hydrogen-bond donors (Lipinski definition) is 2. The molecule has 4 nitrogen and oxygen atoms in total. The van der Waals surface area contributed by atoms with E-state index in [-0.39, 0.29) is 5.91 Å². The smallest absolute Gasteiger partial charge is 0.252 e. The minimum atomic E-state index is -0.0623. The molecule has 1 fully saturated rings. The summed E-state index contributed by atoms with van der Waals surface area (Å²) in [5, 5.41) is 6.39. The summed E-state index contributed by atoms with van der Waals surface area (Å²) in [6.45, 7) is 2.73. The zero-order valence-corrected chi connectivity index (χ0v) is 13.5. The van der Waals surface area contributed by atoms with Gasteiger partial charge in [0, 0.05) is 12.7 Å². The number of benzene rings is 1. The zero-order chi connectivity index (χ0) is 16.1. The normalized spacial score (nSPS) is 15.0. The Balaban J connectivity index is 1.68. The fraction of sp³-hybridized carbons (Fsp3) is 0.368. The molecule has 120 valence electrons. The summed E-state index contributed by atoms with van der Waals surface area (Å²) in [5.41, 5.74) is 1.90. The van der Waals surface area contributed by atoms with Crippen molar-refractivity contribution in [3.63, 3.8) is 0 Å². The zero-order valence-electron chi connectivity index (χ0n) is 13.5. The number of aromatic nitrogens is 1. The van der Waals surface area contributed by atoms with Crippen LogP contribution in [0.2, 0.25) is 0 Å². The molecule has 0 spiro atoms. The highest BCUT2D eigenvalue weighted by atomic mass is 16.1. The van der Waals surface area contributed by atoms with E-state index in [1.54, 1.807) is 6.20 Å². The summed E-state index contributed by atoms with van der Waals surface area (Å²) in [7, 11) is 0. The van der Waals surface area contributed by atoms with E-state index in [1.165, 1.54) is 18.4 Å². The highest BCUT2D eigenvalue weighted by Crippen LogP contribution is 2.42. The van der Waals surface area contributed by atoms with E-state index < -0.39 is 0 Å². The average Bonchev–Trinajstić information content (AvgIpc) is 3.44. The summed E-state index contributed by atoms with van der Waals surface area (Å²) >= 11 is 0. The van der Waals surface area contributed by atoms with Crippen molar-refractivity contribution >= 4 is 11.7 Å². The van der Waals surface area contributed by atoms with Crippen LogP contribution in [0.25, 0.3) is 0 Å². The predicted molar refractivity (Wildman–Crippen MR) is 92.4 cm³/mol. The first kappa shape index (κ1) is 15.5. The topological polar surface area (TPSA) is 54.0 Å². The number of anilines is 1. The van der Waals surface area contributed by atoms with Gasteiger partial charge in [-0.05, 0) is 42.9 Å². The van der Waals surface area contributed by atoms with E-state index in [0.717, 1.165) is 12.2 Å². The van der Waals surface area contributed by atoms with E-state index in [1.807, 2.05) is 25.1 Å². The summed E-state index contributed by atoms with van der Waals surface area (Å²) in [5.74, 6) is 1.43. The maximum Gasteiger partial charge on any atom is 0.252 e. The third-order valence-corrected chi connectivity index (χ3v) is 4.12. The lowest BCUT2D eigenvalue weighted by molar-refractivity contribution is 0.0953. The molecular formula is C19H23N3O. The van der Waals surface area contributed by atoms with E-state index in [9.17, 15) is 4.79 Å². The second-order valence-electron chi connectivity index (χ2n) is 6.06. The van der Waals surface area contributed by atoms with Crippen molar-refractivity contribution in [1.82, 2.24) is 10.3 Å². The maximum atomic E-state index is 11.9. The Hall–Kier alpha value is -2.36. The molecule has 1 unspecified atom stereocenters. The highest BCUT2D eigenvalue weighted by molar-refractivity contribution is 5.94. The number of carbonyl (C=O) groups excluding carboxylic acids is 1. The van der Waals surface area contributed by atoms with Crippen LogP contribution in [0.1, 0.15) is 48.1 Å². The molecule has 1 aliphatic rings. The van der Waals surface area contributed by atoms with Crippen LogP contribution >= 0.6 is 0 Å². The molecule has 2 N–H and O–H groups in total. The Morgan fingerprint density at radius 1 is 1.22 bits per heavy atom. The van der Waals surface area contributed by atoms with Crippen LogP contribution in [0, 0.1) is 5.92 Å². The van der Waals surface area contributed by atoms with Crippen molar-refractivity contribution in [1.29, 1.82) is 0 Å². The van der Waals surface area contributed by atoms with Crippen LogP contribution < -0.4 is 10.6 Å². The summed E-state index contributed by atoms with van der Waals surface area (Å²) in [4.78, 5) is 16.3. The van der Waals surface area contributed by atoms with Gasteiger partial charge in [-0.2, -0.15) is 0 Å². The summed E-state index contributed by atoms with van der Waals surface area (Å²) in [6, 6.07) is 14.5. The van der Waals surface area contributed by atoms with Gasteiger partial charge in [0.2, 0.25) is 0 Å². The van der Waals surface area contributed by atoms with Gasteiger partial charge in [-0.15, -0.1) is 0 Å². The first-order valence-corrected chi connectivity index (χ1v) is 8.33. The van der Waals surface area contributed by atoms with Crippen LogP contribution in [0.15, 0.2) is 48.7 Å². The number of rotatable bonds is 7. The number of pyridine rings is 1.